The van der Waals surface area contributed by atoms with E-state index in [4.69, 9.17) is 4.74 Å². The highest BCUT2D eigenvalue weighted by Gasteiger charge is 2.12. The van der Waals surface area contributed by atoms with Gasteiger partial charge in [-0.1, -0.05) is 66.7 Å². The highest BCUT2D eigenvalue weighted by Crippen LogP contribution is 2.29. The first-order valence-electron chi connectivity index (χ1n) is 7.93. The molecule has 0 amide bonds. The van der Waals surface area contributed by atoms with E-state index in [0.717, 1.165) is 28.1 Å². The molecule has 3 aromatic carbocycles. The molecule has 0 aliphatic carbocycles. The standard InChI is InChI=1S/C21H20N2O/c1-16-13-14-19(15-20(16)24-2)22-23-21(17-9-5-3-6-10-17)18-11-7-4-8-12-18/h3-15,21H,1-2H3. The Hall–Kier alpha value is -2.94. The molecule has 3 heteroatoms. The van der Waals surface area contributed by atoms with Crippen LogP contribution in [0.5, 0.6) is 5.75 Å². The smallest absolute Gasteiger partial charge is 0.123 e. The van der Waals surface area contributed by atoms with Gasteiger partial charge in [0.05, 0.1) is 12.8 Å². The summed E-state index contributed by atoms with van der Waals surface area (Å²) in [5, 5.41) is 9.06. The molecule has 0 saturated heterocycles. The van der Waals surface area contributed by atoms with Crippen molar-refractivity contribution >= 4 is 5.69 Å². The number of nitrogens with zero attached hydrogens (tertiary/aromatic N) is 2. The van der Waals surface area contributed by atoms with Gasteiger partial charge in [0.2, 0.25) is 0 Å². The van der Waals surface area contributed by atoms with E-state index >= 15 is 0 Å². The van der Waals surface area contributed by atoms with Gasteiger partial charge >= 0.3 is 0 Å². The minimum absolute atomic E-state index is 0.125. The summed E-state index contributed by atoms with van der Waals surface area (Å²) in [5.41, 5.74) is 4.10. The third kappa shape index (κ3) is 3.69. The normalized spacial score (nSPS) is 11.1. The second-order valence-electron chi connectivity index (χ2n) is 5.59. The van der Waals surface area contributed by atoms with Crippen LogP contribution in [0.25, 0.3) is 0 Å². The lowest BCUT2D eigenvalue weighted by atomic mass is 10.00. The summed E-state index contributed by atoms with van der Waals surface area (Å²) < 4.78 is 5.36. The molecule has 0 saturated carbocycles. The molecule has 0 aliphatic heterocycles. The highest BCUT2D eigenvalue weighted by atomic mass is 16.5. The number of methoxy groups -OCH3 is 1. The van der Waals surface area contributed by atoms with E-state index in [1.807, 2.05) is 61.5 Å². The maximum absolute atomic E-state index is 5.36. The Morgan fingerprint density at radius 1 is 0.792 bits per heavy atom. The van der Waals surface area contributed by atoms with Crippen LogP contribution in [0.4, 0.5) is 5.69 Å². The maximum Gasteiger partial charge on any atom is 0.123 e. The van der Waals surface area contributed by atoms with Crippen molar-refractivity contribution in [3.8, 4) is 5.75 Å². The Balaban J connectivity index is 1.95. The fraction of sp³-hybridized carbons (Fsp3) is 0.143. The van der Waals surface area contributed by atoms with E-state index < -0.39 is 0 Å². The average Bonchev–Trinajstić information content (AvgIpc) is 2.65. The van der Waals surface area contributed by atoms with Gasteiger partial charge in [-0.25, -0.2) is 0 Å². The molecule has 3 rings (SSSR count). The lowest BCUT2D eigenvalue weighted by Gasteiger charge is -2.12. The molecular weight excluding hydrogens is 296 g/mol. The van der Waals surface area contributed by atoms with Crippen molar-refractivity contribution < 1.29 is 4.74 Å². The van der Waals surface area contributed by atoms with E-state index in [0.29, 0.717) is 0 Å². The topological polar surface area (TPSA) is 34.0 Å². The van der Waals surface area contributed by atoms with Gasteiger partial charge in [0.1, 0.15) is 11.8 Å². The molecule has 24 heavy (non-hydrogen) atoms. The van der Waals surface area contributed by atoms with Gasteiger partial charge in [0.25, 0.3) is 0 Å². The lowest BCUT2D eigenvalue weighted by Crippen LogP contribution is -1.96. The number of azo groups is 1. The van der Waals surface area contributed by atoms with E-state index in [1.165, 1.54) is 0 Å². The van der Waals surface area contributed by atoms with Crippen molar-refractivity contribution in [1.29, 1.82) is 0 Å². The van der Waals surface area contributed by atoms with Crippen molar-refractivity contribution in [3.05, 3.63) is 95.6 Å². The number of hydrogen-bond donors (Lipinski definition) is 0. The monoisotopic (exact) mass is 316 g/mol. The number of rotatable bonds is 5. The zero-order chi connectivity index (χ0) is 16.8. The van der Waals surface area contributed by atoms with Crippen molar-refractivity contribution in [1.82, 2.24) is 0 Å². The largest absolute Gasteiger partial charge is 0.496 e. The Kier molecular flexibility index (Phi) is 5.02. The average molecular weight is 316 g/mol. The van der Waals surface area contributed by atoms with Crippen LogP contribution in [0.15, 0.2) is 89.1 Å². The van der Waals surface area contributed by atoms with E-state index in [1.54, 1.807) is 7.11 Å². The summed E-state index contributed by atoms with van der Waals surface area (Å²) in [6, 6.07) is 26.1. The first-order valence-corrected chi connectivity index (χ1v) is 7.93. The fourth-order valence-electron chi connectivity index (χ4n) is 2.59. The van der Waals surface area contributed by atoms with Crippen LogP contribution >= 0.6 is 0 Å². The number of aryl methyl sites for hydroxylation is 1. The Morgan fingerprint density at radius 3 is 1.92 bits per heavy atom. The minimum atomic E-state index is -0.125. The van der Waals surface area contributed by atoms with Crippen molar-refractivity contribution in [3.63, 3.8) is 0 Å². The minimum Gasteiger partial charge on any atom is -0.496 e. The van der Waals surface area contributed by atoms with E-state index in [-0.39, 0.29) is 6.04 Å². The third-order valence-electron chi connectivity index (χ3n) is 3.91. The molecule has 0 unspecified atom stereocenters. The number of benzene rings is 3. The molecule has 3 aromatic rings. The summed E-state index contributed by atoms with van der Waals surface area (Å²) in [5.74, 6) is 0.822. The summed E-state index contributed by atoms with van der Waals surface area (Å²) >= 11 is 0. The highest BCUT2D eigenvalue weighted by molar-refractivity contribution is 5.47. The van der Waals surface area contributed by atoms with Gasteiger partial charge in [-0.2, -0.15) is 10.2 Å². The lowest BCUT2D eigenvalue weighted by molar-refractivity contribution is 0.412. The number of ether oxygens (including phenoxy) is 1. The Labute approximate surface area is 142 Å². The summed E-state index contributed by atoms with van der Waals surface area (Å²) in [6.07, 6.45) is 0. The molecular formula is C21H20N2O. The number of hydrogen-bond acceptors (Lipinski definition) is 3. The molecule has 0 radical (unpaired) electrons. The van der Waals surface area contributed by atoms with Crippen molar-refractivity contribution in [2.45, 2.75) is 13.0 Å². The molecule has 0 bridgehead atoms. The molecule has 0 N–H and O–H groups in total. The van der Waals surface area contributed by atoms with Crippen LogP contribution in [-0.4, -0.2) is 7.11 Å². The quantitative estimate of drug-likeness (QED) is 0.541. The van der Waals surface area contributed by atoms with Crippen LogP contribution in [0, 0.1) is 6.92 Å². The molecule has 0 atom stereocenters. The van der Waals surface area contributed by atoms with Crippen LogP contribution in [-0.2, 0) is 0 Å². The molecule has 0 aromatic heterocycles. The van der Waals surface area contributed by atoms with Crippen LogP contribution in [0.2, 0.25) is 0 Å². The summed E-state index contributed by atoms with van der Waals surface area (Å²) in [4.78, 5) is 0. The second-order valence-corrected chi connectivity index (χ2v) is 5.59. The van der Waals surface area contributed by atoms with E-state index in [9.17, 15) is 0 Å². The zero-order valence-corrected chi connectivity index (χ0v) is 13.9. The van der Waals surface area contributed by atoms with Crippen LogP contribution in [0.1, 0.15) is 22.7 Å². The van der Waals surface area contributed by atoms with Gasteiger partial charge in [0, 0.05) is 6.07 Å². The Bertz CT molecular complexity index is 774. The summed E-state index contributed by atoms with van der Waals surface area (Å²) in [6.45, 7) is 2.01. The van der Waals surface area contributed by atoms with E-state index in [2.05, 4.69) is 34.5 Å². The SMILES string of the molecule is COc1cc(N=NC(c2ccccc2)c2ccccc2)ccc1C. The Morgan fingerprint density at radius 2 is 1.38 bits per heavy atom. The summed E-state index contributed by atoms with van der Waals surface area (Å²) in [7, 11) is 1.67. The van der Waals surface area contributed by atoms with Gasteiger partial charge < -0.3 is 4.74 Å². The molecule has 3 nitrogen and oxygen atoms in total. The van der Waals surface area contributed by atoms with Crippen molar-refractivity contribution in [2.75, 3.05) is 7.11 Å². The van der Waals surface area contributed by atoms with Gasteiger partial charge in [-0.3, -0.25) is 0 Å². The van der Waals surface area contributed by atoms with Gasteiger partial charge in [-0.05, 0) is 29.7 Å². The van der Waals surface area contributed by atoms with Crippen LogP contribution in [0.3, 0.4) is 0 Å². The van der Waals surface area contributed by atoms with Gasteiger partial charge in [0.15, 0.2) is 0 Å². The maximum atomic E-state index is 5.36. The molecule has 0 aliphatic rings. The first kappa shape index (κ1) is 15.9. The zero-order valence-electron chi connectivity index (χ0n) is 13.9. The first-order chi connectivity index (χ1) is 11.8. The molecule has 0 spiro atoms. The third-order valence-corrected chi connectivity index (χ3v) is 3.91. The molecule has 120 valence electrons. The fourth-order valence-corrected chi connectivity index (χ4v) is 2.59. The second kappa shape index (κ2) is 7.55. The van der Waals surface area contributed by atoms with Gasteiger partial charge in [-0.15, -0.1) is 0 Å². The molecule has 0 fully saturated rings. The van der Waals surface area contributed by atoms with Crippen LogP contribution < -0.4 is 4.74 Å². The predicted octanol–water partition coefficient (Wildman–Crippen LogP) is 5.88. The molecule has 0 heterocycles. The van der Waals surface area contributed by atoms with Crippen molar-refractivity contribution in [2.24, 2.45) is 10.2 Å². The predicted molar refractivity (Wildman–Crippen MR) is 97.0 cm³/mol.